The lowest BCUT2D eigenvalue weighted by molar-refractivity contribution is 0.188. The van der Waals surface area contributed by atoms with Crippen molar-refractivity contribution in [1.29, 1.82) is 0 Å². The van der Waals surface area contributed by atoms with Gasteiger partial charge in [0, 0.05) is 45.6 Å². The Bertz CT molecular complexity index is 524. The molecule has 7 heteroatoms. The Kier molecular flexibility index (Phi) is 9.18. The first kappa shape index (κ1) is 21.5. The summed E-state index contributed by atoms with van der Waals surface area (Å²) in [6, 6.07) is 0.473. The highest BCUT2D eigenvalue weighted by Gasteiger charge is 2.28. The summed E-state index contributed by atoms with van der Waals surface area (Å²) in [6.45, 7) is 9.03. The van der Waals surface area contributed by atoms with Gasteiger partial charge in [0.05, 0.1) is 12.4 Å². The summed E-state index contributed by atoms with van der Waals surface area (Å²) in [5.41, 5.74) is 0. The van der Waals surface area contributed by atoms with Crippen LogP contribution in [0.1, 0.15) is 45.1 Å². The van der Waals surface area contributed by atoms with Crippen LogP contribution in [0.2, 0.25) is 0 Å². The minimum atomic E-state index is 0. The van der Waals surface area contributed by atoms with Gasteiger partial charge in [-0.1, -0.05) is 19.8 Å². The van der Waals surface area contributed by atoms with Crippen molar-refractivity contribution >= 4 is 29.9 Å². The number of guanidine groups is 1. The average Bonchev–Trinajstić information content (AvgIpc) is 3.04. The Morgan fingerprint density at radius 1 is 1.19 bits per heavy atom. The number of likely N-dealkylation sites (tertiary alicyclic amines) is 2. The van der Waals surface area contributed by atoms with Gasteiger partial charge in [0.2, 0.25) is 0 Å². The smallest absolute Gasteiger partial charge is 0.193 e. The lowest BCUT2D eigenvalue weighted by Crippen LogP contribution is -2.50. The minimum absolute atomic E-state index is 0. The third-order valence-corrected chi connectivity index (χ3v) is 5.75. The van der Waals surface area contributed by atoms with Gasteiger partial charge in [-0.05, 0) is 38.3 Å². The van der Waals surface area contributed by atoms with Crippen molar-refractivity contribution in [3.05, 3.63) is 18.7 Å². The van der Waals surface area contributed by atoms with E-state index in [0.29, 0.717) is 12.0 Å². The molecule has 2 unspecified atom stereocenters. The molecule has 3 rings (SSSR count). The molecule has 26 heavy (non-hydrogen) atoms. The van der Waals surface area contributed by atoms with Crippen LogP contribution in [-0.4, -0.2) is 71.6 Å². The molecule has 0 spiro atoms. The Morgan fingerprint density at radius 2 is 1.96 bits per heavy atom. The summed E-state index contributed by atoms with van der Waals surface area (Å²) in [5, 5.41) is 3.60. The van der Waals surface area contributed by atoms with E-state index in [9.17, 15) is 0 Å². The van der Waals surface area contributed by atoms with Crippen LogP contribution < -0.4 is 5.32 Å². The van der Waals surface area contributed by atoms with Crippen LogP contribution in [0.4, 0.5) is 0 Å². The number of aromatic nitrogens is 2. The predicted molar refractivity (Wildman–Crippen MR) is 118 cm³/mol. The van der Waals surface area contributed by atoms with Crippen molar-refractivity contribution in [2.45, 2.75) is 45.1 Å². The third kappa shape index (κ3) is 5.84. The van der Waals surface area contributed by atoms with E-state index in [2.05, 4.69) is 42.8 Å². The van der Waals surface area contributed by atoms with Gasteiger partial charge in [-0.3, -0.25) is 4.99 Å². The molecule has 1 N–H and O–H groups in total. The van der Waals surface area contributed by atoms with Gasteiger partial charge < -0.3 is 19.7 Å². The SMILES string of the molecule is CN=C(NCCN1CCCCCC1)N1CCC(C)C(n2ccnc2)C1.I. The maximum atomic E-state index is 4.54. The molecule has 148 valence electrons. The van der Waals surface area contributed by atoms with E-state index in [0.717, 1.165) is 32.1 Å². The van der Waals surface area contributed by atoms with Gasteiger partial charge in [-0.25, -0.2) is 4.98 Å². The van der Waals surface area contributed by atoms with Crippen LogP contribution in [0.15, 0.2) is 23.7 Å². The van der Waals surface area contributed by atoms with Gasteiger partial charge in [0.1, 0.15) is 0 Å². The van der Waals surface area contributed by atoms with Crippen LogP contribution in [0.25, 0.3) is 0 Å². The topological polar surface area (TPSA) is 48.7 Å². The fourth-order valence-electron chi connectivity index (χ4n) is 4.11. The fourth-order valence-corrected chi connectivity index (χ4v) is 4.11. The predicted octanol–water partition coefficient (Wildman–Crippen LogP) is 2.84. The van der Waals surface area contributed by atoms with Gasteiger partial charge in [-0.15, -0.1) is 24.0 Å². The molecule has 2 atom stereocenters. The standard InChI is InChI=1S/C19H34N6.HI/c1-17-7-12-24(15-18(17)25-14-8-21-16-25)19(20-2)22-9-13-23-10-5-3-4-6-11-23;/h8,14,16-18H,3-7,9-13,15H2,1-2H3,(H,20,22);1H. The van der Waals surface area contributed by atoms with E-state index >= 15 is 0 Å². The van der Waals surface area contributed by atoms with Crippen molar-refractivity contribution in [3.63, 3.8) is 0 Å². The number of piperidine rings is 1. The van der Waals surface area contributed by atoms with E-state index in [1.165, 1.54) is 45.2 Å². The second-order valence-corrected chi connectivity index (χ2v) is 7.52. The molecule has 0 aliphatic carbocycles. The maximum Gasteiger partial charge on any atom is 0.193 e. The van der Waals surface area contributed by atoms with Crippen molar-refractivity contribution in [1.82, 2.24) is 24.7 Å². The molecule has 0 saturated carbocycles. The van der Waals surface area contributed by atoms with Crippen molar-refractivity contribution in [3.8, 4) is 0 Å². The number of hydrogen-bond acceptors (Lipinski definition) is 3. The molecule has 0 aromatic carbocycles. The van der Waals surface area contributed by atoms with E-state index in [4.69, 9.17) is 0 Å². The normalized spacial score (nSPS) is 25.5. The maximum absolute atomic E-state index is 4.54. The number of nitrogens with zero attached hydrogens (tertiary/aromatic N) is 5. The third-order valence-electron chi connectivity index (χ3n) is 5.75. The number of nitrogens with one attached hydrogen (secondary N) is 1. The lowest BCUT2D eigenvalue weighted by Gasteiger charge is -2.39. The lowest BCUT2D eigenvalue weighted by atomic mass is 9.93. The van der Waals surface area contributed by atoms with E-state index < -0.39 is 0 Å². The Hall–Kier alpha value is -0.830. The highest BCUT2D eigenvalue weighted by Crippen LogP contribution is 2.27. The number of halogens is 1. The molecule has 2 aliphatic rings. The molecule has 6 nitrogen and oxygen atoms in total. The zero-order chi connectivity index (χ0) is 17.5. The van der Waals surface area contributed by atoms with E-state index in [1.54, 1.807) is 0 Å². The van der Waals surface area contributed by atoms with Crippen LogP contribution >= 0.6 is 24.0 Å². The summed E-state index contributed by atoms with van der Waals surface area (Å²) in [7, 11) is 1.90. The first-order chi connectivity index (χ1) is 12.3. The first-order valence-electron chi connectivity index (χ1n) is 9.93. The largest absolute Gasteiger partial charge is 0.355 e. The van der Waals surface area contributed by atoms with Crippen LogP contribution in [0.3, 0.4) is 0 Å². The monoisotopic (exact) mass is 474 g/mol. The number of aliphatic imine (C=N–C) groups is 1. The molecule has 0 radical (unpaired) electrons. The average molecular weight is 474 g/mol. The fraction of sp³-hybridized carbons (Fsp3) is 0.789. The van der Waals surface area contributed by atoms with Crippen LogP contribution in [0.5, 0.6) is 0 Å². The number of hydrogen-bond donors (Lipinski definition) is 1. The minimum Gasteiger partial charge on any atom is -0.355 e. The highest BCUT2D eigenvalue weighted by atomic mass is 127. The second kappa shape index (κ2) is 11.1. The second-order valence-electron chi connectivity index (χ2n) is 7.52. The van der Waals surface area contributed by atoms with Crippen LogP contribution in [-0.2, 0) is 0 Å². The van der Waals surface area contributed by atoms with E-state index in [-0.39, 0.29) is 24.0 Å². The zero-order valence-electron chi connectivity index (χ0n) is 16.3. The summed E-state index contributed by atoms with van der Waals surface area (Å²) >= 11 is 0. The summed E-state index contributed by atoms with van der Waals surface area (Å²) in [6.07, 6.45) is 12.6. The quantitative estimate of drug-likeness (QED) is 0.414. The summed E-state index contributed by atoms with van der Waals surface area (Å²) in [5.74, 6) is 1.72. The van der Waals surface area contributed by atoms with Crippen molar-refractivity contribution in [2.75, 3.05) is 46.3 Å². The Labute approximate surface area is 175 Å². The molecule has 2 saturated heterocycles. The van der Waals surface area contributed by atoms with Gasteiger partial charge >= 0.3 is 0 Å². The molecule has 3 heterocycles. The Morgan fingerprint density at radius 3 is 2.62 bits per heavy atom. The zero-order valence-corrected chi connectivity index (χ0v) is 18.6. The molecule has 1 aromatic rings. The van der Waals surface area contributed by atoms with Crippen molar-refractivity contribution in [2.24, 2.45) is 10.9 Å². The van der Waals surface area contributed by atoms with Gasteiger partial charge in [-0.2, -0.15) is 0 Å². The Balaban J connectivity index is 0.00000243. The first-order valence-corrected chi connectivity index (χ1v) is 9.93. The number of imidazole rings is 1. The van der Waals surface area contributed by atoms with Crippen molar-refractivity contribution < 1.29 is 0 Å². The molecular weight excluding hydrogens is 439 g/mol. The van der Waals surface area contributed by atoms with Gasteiger partial charge in [0.15, 0.2) is 5.96 Å². The summed E-state index contributed by atoms with van der Waals surface area (Å²) in [4.78, 5) is 13.8. The molecule has 2 aliphatic heterocycles. The van der Waals surface area contributed by atoms with Crippen LogP contribution in [0, 0.1) is 5.92 Å². The molecule has 1 aromatic heterocycles. The number of rotatable bonds is 4. The van der Waals surface area contributed by atoms with E-state index in [1.807, 2.05) is 19.6 Å². The van der Waals surface area contributed by atoms with Gasteiger partial charge in [0.25, 0.3) is 0 Å². The molecular formula is C19H35IN6. The highest BCUT2D eigenvalue weighted by molar-refractivity contribution is 14.0. The summed E-state index contributed by atoms with van der Waals surface area (Å²) < 4.78 is 2.25. The molecule has 0 bridgehead atoms. The molecule has 0 amide bonds. The molecule has 2 fully saturated rings.